The summed E-state index contributed by atoms with van der Waals surface area (Å²) in [5, 5.41) is 11.6. The van der Waals surface area contributed by atoms with E-state index in [2.05, 4.69) is 0 Å². The second kappa shape index (κ2) is 11.9. The van der Waals surface area contributed by atoms with Crippen LogP contribution in [0.2, 0.25) is 0 Å². The zero-order valence-corrected chi connectivity index (χ0v) is 23.9. The Morgan fingerprint density at radius 3 is 2.04 bits per heavy atom. The fraction of sp³-hybridized carbons (Fsp3) is 0.343. The first-order valence-electron chi connectivity index (χ1n) is 14.8. The molecule has 3 unspecified atom stereocenters. The summed E-state index contributed by atoms with van der Waals surface area (Å²) in [4.78, 5) is 4.92. The van der Waals surface area contributed by atoms with Crippen molar-refractivity contribution >= 4 is 0 Å². The summed E-state index contributed by atoms with van der Waals surface area (Å²) in [7, 11) is 0. The van der Waals surface area contributed by atoms with Gasteiger partial charge in [0.05, 0.1) is 22.9 Å². The lowest BCUT2D eigenvalue weighted by molar-refractivity contribution is -0.138. The smallest absolute Gasteiger partial charge is 0.388 e. The molecular formula is C35H29F8NO. The first kappa shape index (κ1) is 31.2. The molecule has 2 aliphatic rings. The number of aliphatic hydroxyl groups is 1. The molecule has 4 aromatic rings. The average Bonchev–Trinajstić information content (AvgIpc) is 3.55. The second-order valence-corrected chi connectivity index (χ2v) is 11.9. The van der Waals surface area contributed by atoms with Crippen LogP contribution in [0, 0.1) is 5.82 Å². The summed E-state index contributed by atoms with van der Waals surface area (Å²) in [5.41, 5.74) is 0.570. The molecule has 0 aliphatic heterocycles. The van der Waals surface area contributed by atoms with E-state index in [1.807, 2.05) is 0 Å². The highest BCUT2D eigenvalue weighted by atomic mass is 19.4. The van der Waals surface area contributed by atoms with E-state index < -0.39 is 47.5 Å². The summed E-state index contributed by atoms with van der Waals surface area (Å²) < 4.78 is 111. The van der Waals surface area contributed by atoms with Gasteiger partial charge in [0.2, 0.25) is 0 Å². The monoisotopic (exact) mass is 631 g/mol. The number of nitrogens with zero attached hydrogens (tertiary/aromatic N) is 1. The van der Waals surface area contributed by atoms with Crippen molar-refractivity contribution in [1.29, 1.82) is 0 Å². The number of hydrogen-bond acceptors (Lipinski definition) is 2. The summed E-state index contributed by atoms with van der Waals surface area (Å²) in [6.07, 6.45) is -9.00. The van der Waals surface area contributed by atoms with Gasteiger partial charge in [0, 0.05) is 22.7 Å². The summed E-state index contributed by atoms with van der Waals surface area (Å²) >= 11 is 0. The Labute approximate surface area is 254 Å². The highest BCUT2D eigenvalue weighted by molar-refractivity contribution is 5.75. The van der Waals surface area contributed by atoms with Gasteiger partial charge in [-0.1, -0.05) is 55.3 Å². The van der Waals surface area contributed by atoms with Crippen LogP contribution in [0.3, 0.4) is 0 Å². The van der Waals surface area contributed by atoms with Gasteiger partial charge in [0.15, 0.2) is 6.17 Å². The standard InChI is InChI=1S/C35H29F8NO/c36-26-14-10-19(11-15-26)29-30-27(17-23(18-28(30)45)22-6-3-7-25(16-22)35(41,42)43)44-33(21-4-1-2-5-21)31(29)32(37)20-8-12-24(13-9-20)34(38,39)40/h3,6-16,21,23,28,32,45H,1-2,4-5,17-18H2. The summed E-state index contributed by atoms with van der Waals surface area (Å²) in [5.74, 6) is -1.23. The molecule has 236 valence electrons. The molecule has 1 saturated carbocycles. The topological polar surface area (TPSA) is 33.1 Å². The van der Waals surface area contributed by atoms with Crippen LogP contribution in [-0.4, -0.2) is 10.1 Å². The molecule has 45 heavy (non-hydrogen) atoms. The molecule has 2 nitrogen and oxygen atoms in total. The normalized spacial score (nSPS) is 19.8. The fourth-order valence-corrected chi connectivity index (χ4v) is 6.83. The van der Waals surface area contributed by atoms with E-state index in [0.29, 0.717) is 46.5 Å². The Kier molecular flexibility index (Phi) is 8.22. The molecule has 0 spiro atoms. The van der Waals surface area contributed by atoms with Crippen molar-refractivity contribution < 1.29 is 40.2 Å². The van der Waals surface area contributed by atoms with Gasteiger partial charge in [-0.05, 0) is 84.2 Å². The van der Waals surface area contributed by atoms with Gasteiger partial charge in [0.25, 0.3) is 0 Å². The Bertz CT molecular complexity index is 1670. The fourth-order valence-electron chi connectivity index (χ4n) is 6.83. The van der Waals surface area contributed by atoms with Crippen LogP contribution in [-0.2, 0) is 18.8 Å². The first-order chi connectivity index (χ1) is 21.3. The highest BCUT2D eigenvalue weighted by Crippen LogP contribution is 2.50. The predicted octanol–water partition coefficient (Wildman–Crippen LogP) is 10.4. The molecule has 6 rings (SSSR count). The molecule has 0 bridgehead atoms. The number of benzene rings is 3. The molecule has 3 aromatic carbocycles. The van der Waals surface area contributed by atoms with Crippen LogP contribution in [0.1, 0.15) is 101 Å². The number of halogens is 8. The summed E-state index contributed by atoms with van der Waals surface area (Å²) in [6, 6.07) is 14.1. The van der Waals surface area contributed by atoms with E-state index in [0.717, 1.165) is 49.2 Å². The zero-order chi connectivity index (χ0) is 32.1. The van der Waals surface area contributed by atoms with Crippen molar-refractivity contribution in [2.45, 2.75) is 75.0 Å². The number of alkyl halides is 7. The van der Waals surface area contributed by atoms with Crippen LogP contribution < -0.4 is 0 Å². The molecule has 2 aliphatic carbocycles. The van der Waals surface area contributed by atoms with E-state index in [1.165, 1.54) is 30.3 Å². The SMILES string of the molecule is OC1CC(c2cccc(C(F)(F)F)c2)Cc2nc(C3CCCC3)c(C(F)c3ccc(C(F)(F)F)cc3)c(-c3ccc(F)cc3)c21. The molecular weight excluding hydrogens is 602 g/mol. The lowest BCUT2D eigenvalue weighted by Crippen LogP contribution is -2.23. The maximum atomic E-state index is 16.8. The quantitative estimate of drug-likeness (QED) is 0.222. The number of hydrogen-bond donors (Lipinski definition) is 1. The maximum absolute atomic E-state index is 16.8. The van der Waals surface area contributed by atoms with Crippen LogP contribution in [0.15, 0.2) is 72.8 Å². The Morgan fingerprint density at radius 1 is 0.778 bits per heavy atom. The van der Waals surface area contributed by atoms with Gasteiger partial charge in [-0.25, -0.2) is 8.78 Å². The zero-order valence-electron chi connectivity index (χ0n) is 23.9. The molecule has 3 atom stereocenters. The third kappa shape index (κ3) is 6.21. The highest BCUT2D eigenvalue weighted by Gasteiger charge is 2.38. The third-order valence-electron chi connectivity index (χ3n) is 9.01. The maximum Gasteiger partial charge on any atom is 0.416 e. The Balaban J connectivity index is 1.54. The predicted molar refractivity (Wildman–Crippen MR) is 153 cm³/mol. The molecule has 0 saturated heterocycles. The van der Waals surface area contributed by atoms with Crippen molar-refractivity contribution in [3.8, 4) is 11.1 Å². The van der Waals surface area contributed by atoms with E-state index in [-0.39, 0.29) is 29.9 Å². The minimum atomic E-state index is -4.60. The van der Waals surface area contributed by atoms with Crippen LogP contribution >= 0.6 is 0 Å². The first-order valence-corrected chi connectivity index (χ1v) is 14.8. The van der Waals surface area contributed by atoms with Gasteiger partial charge in [-0.2, -0.15) is 26.3 Å². The molecule has 1 fully saturated rings. The van der Waals surface area contributed by atoms with Crippen molar-refractivity contribution in [2.24, 2.45) is 0 Å². The minimum absolute atomic E-state index is 0.0282. The number of aliphatic hydroxyl groups excluding tert-OH is 1. The molecule has 0 amide bonds. The van der Waals surface area contributed by atoms with Gasteiger partial charge >= 0.3 is 12.4 Å². The van der Waals surface area contributed by atoms with Crippen molar-refractivity contribution in [3.63, 3.8) is 0 Å². The molecule has 1 aromatic heterocycles. The van der Waals surface area contributed by atoms with E-state index in [4.69, 9.17) is 4.98 Å². The lowest BCUT2D eigenvalue weighted by Gasteiger charge is -2.34. The number of rotatable bonds is 5. The van der Waals surface area contributed by atoms with Gasteiger partial charge in [-0.3, -0.25) is 4.98 Å². The Hall–Kier alpha value is -3.79. The molecule has 1 heterocycles. The van der Waals surface area contributed by atoms with E-state index in [1.54, 1.807) is 6.07 Å². The number of aromatic nitrogens is 1. The van der Waals surface area contributed by atoms with Gasteiger partial charge < -0.3 is 5.11 Å². The molecule has 0 radical (unpaired) electrons. The molecule has 1 N–H and O–H groups in total. The van der Waals surface area contributed by atoms with Crippen LogP contribution in [0.4, 0.5) is 35.1 Å². The number of pyridine rings is 1. The van der Waals surface area contributed by atoms with Gasteiger partial charge in [-0.15, -0.1) is 0 Å². The largest absolute Gasteiger partial charge is 0.416 e. The van der Waals surface area contributed by atoms with Crippen molar-refractivity contribution in [2.75, 3.05) is 0 Å². The second-order valence-electron chi connectivity index (χ2n) is 11.9. The van der Waals surface area contributed by atoms with Crippen molar-refractivity contribution in [1.82, 2.24) is 4.98 Å². The lowest BCUT2D eigenvalue weighted by atomic mass is 9.75. The van der Waals surface area contributed by atoms with Crippen LogP contribution in [0.5, 0.6) is 0 Å². The van der Waals surface area contributed by atoms with E-state index in [9.17, 15) is 35.8 Å². The van der Waals surface area contributed by atoms with Gasteiger partial charge in [0.1, 0.15) is 5.82 Å². The van der Waals surface area contributed by atoms with Crippen LogP contribution in [0.25, 0.3) is 11.1 Å². The number of fused-ring (bicyclic) bond motifs is 1. The third-order valence-corrected chi connectivity index (χ3v) is 9.01. The van der Waals surface area contributed by atoms with Crippen molar-refractivity contribution in [3.05, 3.63) is 123 Å². The van der Waals surface area contributed by atoms with E-state index >= 15 is 4.39 Å². The minimum Gasteiger partial charge on any atom is -0.388 e. The molecule has 10 heteroatoms. The average molecular weight is 632 g/mol. The summed E-state index contributed by atoms with van der Waals surface area (Å²) in [6.45, 7) is 0. The Morgan fingerprint density at radius 2 is 1.42 bits per heavy atom.